The van der Waals surface area contributed by atoms with Crippen LogP contribution in [0.15, 0.2) is 53.7 Å². The average molecular weight is 441 g/mol. The van der Waals surface area contributed by atoms with Gasteiger partial charge >= 0.3 is 0 Å². The largest absolute Gasteiger partial charge is 0.322 e. The Morgan fingerprint density at radius 3 is 2.52 bits per heavy atom. The second-order valence-electron chi connectivity index (χ2n) is 7.56. The molecule has 3 aromatic rings. The number of carbonyl (C=O) groups excluding carboxylic acids is 1. The lowest BCUT2D eigenvalue weighted by Gasteiger charge is -2.21. The first-order valence-electron chi connectivity index (χ1n) is 10.2. The van der Waals surface area contributed by atoms with E-state index in [1.165, 1.54) is 11.0 Å². The Kier molecular flexibility index (Phi) is 6.10. The predicted octanol–water partition coefficient (Wildman–Crippen LogP) is 2.79. The fourth-order valence-corrected chi connectivity index (χ4v) is 5.42. The van der Waals surface area contributed by atoms with Gasteiger partial charge in [0.1, 0.15) is 6.33 Å². The summed E-state index contributed by atoms with van der Waals surface area (Å²) in [5, 5.41) is 13.8. The van der Waals surface area contributed by atoms with Crippen molar-refractivity contribution in [2.45, 2.75) is 37.5 Å². The standard InChI is InChI=1S/C21H24N6O3S/c1-16-9-10-18(14-20(16)31(29,30)26-11-4-2-3-5-12-26)23-21(28)17-7-6-8-19(13-17)27-15-22-24-25-27/h6-10,13-15H,2-5,11-12H2,1H3,(H,23,28). The number of nitrogens with zero attached hydrogens (tertiary/aromatic N) is 5. The molecule has 10 heteroatoms. The zero-order valence-corrected chi connectivity index (χ0v) is 18.0. The third-order valence-electron chi connectivity index (χ3n) is 5.35. The quantitative estimate of drug-likeness (QED) is 0.653. The molecule has 1 saturated heterocycles. The first kappa shape index (κ1) is 21.1. The van der Waals surface area contributed by atoms with Crippen LogP contribution in [-0.4, -0.2) is 51.9 Å². The van der Waals surface area contributed by atoms with Crippen LogP contribution in [0, 0.1) is 6.92 Å². The molecule has 0 unspecified atom stereocenters. The molecule has 2 heterocycles. The molecule has 1 N–H and O–H groups in total. The number of benzene rings is 2. The molecule has 1 aliphatic rings. The summed E-state index contributed by atoms with van der Waals surface area (Å²) < 4.78 is 29.5. The number of anilines is 1. The second-order valence-corrected chi connectivity index (χ2v) is 9.46. The number of nitrogens with one attached hydrogen (secondary N) is 1. The van der Waals surface area contributed by atoms with Gasteiger partial charge in [0.25, 0.3) is 5.91 Å². The van der Waals surface area contributed by atoms with Crippen LogP contribution < -0.4 is 5.32 Å². The number of aryl methyl sites for hydroxylation is 1. The Bertz CT molecular complexity index is 1170. The van der Waals surface area contributed by atoms with E-state index >= 15 is 0 Å². The Hall–Kier alpha value is -3.11. The summed E-state index contributed by atoms with van der Waals surface area (Å²) in [7, 11) is -3.62. The van der Waals surface area contributed by atoms with Gasteiger partial charge in [0.15, 0.2) is 0 Å². The number of hydrogen-bond acceptors (Lipinski definition) is 6. The summed E-state index contributed by atoms with van der Waals surface area (Å²) >= 11 is 0. The van der Waals surface area contributed by atoms with E-state index in [2.05, 4.69) is 20.8 Å². The van der Waals surface area contributed by atoms with Gasteiger partial charge in [-0.15, -0.1) is 5.10 Å². The number of hydrogen-bond donors (Lipinski definition) is 1. The van der Waals surface area contributed by atoms with Crippen LogP contribution in [0.4, 0.5) is 5.69 Å². The molecule has 4 rings (SSSR count). The van der Waals surface area contributed by atoms with Gasteiger partial charge in [0, 0.05) is 24.3 Å². The van der Waals surface area contributed by atoms with E-state index in [1.54, 1.807) is 53.7 Å². The van der Waals surface area contributed by atoms with E-state index < -0.39 is 10.0 Å². The molecule has 0 saturated carbocycles. The number of sulfonamides is 1. The van der Waals surface area contributed by atoms with E-state index in [0.29, 0.717) is 35.6 Å². The SMILES string of the molecule is Cc1ccc(NC(=O)c2cccc(-n3cnnn3)c2)cc1S(=O)(=O)N1CCCCCC1. The second kappa shape index (κ2) is 8.94. The van der Waals surface area contributed by atoms with Gasteiger partial charge in [-0.1, -0.05) is 25.0 Å². The third kappa shape index (κ3) is 4.64. The van der Waals surface area contributed by atoms with Crippen LogP contribution >= 0.6 is 0 Å². The highest BCUT2D eigenvalue weighted by atomic mass is 32.2. The van der Waals surface area contributed by atoms with Crippen LogP contribution in [0.3, 0.4) is 0 Å². The first-order chi connectivity index (χ1) is 14.9. The third-order valence-corrected chi connectivity index (χ3v) is 7.39. The number of rotatable bonds is 5. The topological polar surface area (TPSA) is 110 Å². The van der Waals surface area contributed by atoms with Crippen molar-refractivity contribution in [1.29, 1.82) is 0 Å². The molecule has 1 amide bonds. The van der Waals surface area contributed by atoms with E-state index in [0.717, 1.165) is 25.7 Å². The maximum atomic E-state index is 13.2. The highest BCUT2D eigenvalue weighted by Gasteiger charge is 2.27. The van der Waals surface area contributed by atoms with E-state index in [-0.39, 0.29) is 10.8 Å². The van der Waals surface area contributed by atoms with Crippen molar-refractivity contribution in [3.63, 3.8) is 0 Å². The lowest BCUT2D eigenvalue weighted by molar-refractivity contribution is 0.102. The highest BCUT2D eigenvalue weighted by Crippen LogP contribution is 2.26. The van der Waals surface area contributed by atoms with Crippen molar-refractivity contribution in [3.05, 3.63) is 59.9 Å². The highest BCUT2D eigenvalue weighted by molar-refractivity contribution is 7.89. The van der Waals surface area contributed by atoms with Crippen molar-refractivity contribution in [2.75, 3.05) is 18.4 Å². The van der Waals surface area contributed by atoms with Crippen LogP contribution in [0.1, 0.15) is 41.6 Å². The molecule has 31 heavy (non-hydrogen) atoms. The molecule has 0 aliphatic carbocycles. The zero-order valence-electron chi connectivity index (χ0n) is 17.2. The van der Waals surface area contributed by atoms with Gasteiger partial charge in [-0.3, -0.25) is 4.79 Å². The Labute approximate surface area is 181 Å². The van der Waals surface area contributed by atoms with Gasteiger partial charge in [0.05, 0.1) is 10.6 Å². The Balaban J connectivity index is 1.57. The summed E-state index contributed by atoms with van der Waals surface area (Å²) in [6.07, 6.45) is 5.27. The van der Waals surface area contributed by atoms with Gasteiger partial charge in [-0.25, -0.2) is 13.1 Å². The maximum Gasteiger partial charge on any atom is 0.255 e. The number of carbonyl (C=O) groups is 1. The Morgan fingerprint density at radius 1 is 1.03 bits per heavy atom. The monoisotopic (exact) mass is 440 g/mol. The van der Waals surface area contributed by atoms with E-state index in [4.69, 9.17) is 0 Å². The molecule has 162 valence electrons. The lowest BCUT2D eigenvalue weighted by Crippen LogP contribution is -2.32. The summed E-state index contributed by atoms with van der Waals surface area (Å²) in [6.45, 7) is 2.83. The van der Waals surface area contributed by atoms with Gasteiger partial charge in [-0.2, -0.15) is 4.31 Å². The van der Waals surface area contributed by atoms with Crippen molar-refractivity contribution >= 4 is 21.6 Å². The number of tetrazole rings is 1. The fraction of sp³-hybridized carbons (Fsp3) is 0.333. The normalized spacial score (nSPS) is 15.4. The number of aromatic nitrogens is 4. The molecule has 0 bridgehead atoms. The molecule has 2 aromatic carbocycles. The van der Waals surface area contributed by atoms with Crippen LogP contribution in [0.5, 0.6) is 0 Å². The van der Waals surface area contributed by atoms with Crippen LogP contribution in [0.2, 0.25) is 0 Å². The van der Waals surface area contributed by atoms with Gasteiger partial charge in [0.2, 0.25) is 10.0 Å². The summed E-state index contributed by atoms with van der Waals surface area (Å²) in [5.41, 5.74) is 2.14. The minimum absolute atomic E-state index is 0.231. The molecule has 9 nitrogen and oxygen atoms in total. The van der Waals surface area contributed by atoms with Crippen LogP contribution in [0.25, 0.3) is 5.69 Å². The molecule has 0 atom stereocenters. The first-order valence-corrected chi connectivity index (χ1v) is 11.6. The zero-order chi connectivity index (χ0) is 21.8. The average Bonchev–Trinajstić information content (AvgIpc) is 3.17. The minimum atomic E-state index is -3.62. The van der Waals surface area contributed by atoms with Gasteiger partial charge in [-0.05, 0) is 66.1 Å². The summed E-state index contributed by atoms with van der Waals surface area (Å²) in [5.74, 6) is -0.350. The molecule has 1 fully saturated rings. The minimum Gasteiger partial charge on any atom is -0.322 e. The van der Waals surface area contributed by atoms with Crippen molar-refractivity contribution in [2.24, 2.45) is 0 Å². The van der Waals surface area contributed by atoms with Crippen molar-refractivity contribution in [1.82, 2.24) is 24.5 Å². The van der Waals surface area contributed by atoms with Crippen molar-refractivity contribution < 1.29 is 13.2 Å². The molecule has 0 spiro atoms. The Morgan fingerprint density at radius 2 is 1.81 bits per heavy atom. The summed E-state index contributed by atoms with van der Waals surface area (Å²) in [4.78, 5) is 13.0. The number of amides is 1. The van der Waals surface area contributed by atoms with Crippen LogP contribution in [-0.2, 0) is 10.0 Å². The van der Waals surface area contributed by atoms with Gasteiger partial charge < -0.3 is 5.32 Å². The molecule has 1 aromatic heterocycles. The molecular formula is C21H24N6O3S. The predicted molar refractivity (Wildman–Crippen MR) is 116 cm³/mol. The lowest BCUT2D eigenvalue weighted by atomic mass is 10.1. The van der Waals surface area contributed by atoms with Crippen molar-refractivity contribution in [3.8, 4) is 5.69 Å². The molecular weight excluding hydrogens is 416 g/mol. The smallest absolute Gasteiger partial charge is 0.255 e. The molecule has 1 aliphatic heterocycles. The molecule has 0 radical (unpaired) electrons. The summed E-state index contributed by atoms with van der Waals surface area (Å²) in [6, 6.07) is 11.8. The van der Waals surface area contributed by atoms with E-state index in [9.17, 15) is 13.2 Å². The maximum absolute atomic E-state index is 13.2. The fourth-order valence-electron chi connectivity index (χ4n) is 3.65. The van der Waals surface area contributed by atoms with E-state index in [1.807, 2.05) is 0 Å².